The summed E-state index contributed by atoms with van der Waals surface area (Å²) in [5, 5.41) is 11.3. The first-order valence-corrected chi connectivity index (χ1v) is 21.2. The standard InChI is InChI=1S/C23H37F3O4.C21H33F3O3/c1-14-7-9-22-10-8-16(29-6)18(22)21(14,4)17(30-13-28-5)11-20(3,12-23(24,25)26)19(27)15(22)2;1-12-6-8-20-9-7-14(27-5)16(20)19(12,4)15(25)10-18(3,11-21(22,23)24)17(26)13(20)2/h14-18H,7-13H2,1-6H3;12-16,25H,6-11H2,1-5H3/t14-,15+,16-,17?,18?,20+,21+,22?;12-,13+,14-,15-,16?,18+,19+,20?/m11/s1. The smallest absolute Gasteiger partial charge is 0.390 e. The summed E-state index contributed by atoms with van der Waals surface area (Å²) in [6.07, 6.45) is -6.10. The lowest BCUT2D eigenvalue weighted by atomic mass is 9.43. The number of halogens is 6. The Kier molecular flexibility index (Phi) is 13.0. The number of aliphatic hydroxyl groups excluding tert-OH is 1. The van der Waals surface area contributed by atoms with Crippen LogP contribution in [0.5, 0.6) is 0 Å². The highest BCUT2D eigenvalue weighted by Gasteiger charge is 2.70. The molecule has 16 atom stereocenters. The van der Waals surface area contributed by atoms with Crippen LogP contribution in [0.1, 0.15) is 132 Å². The number of ether oxygens (including phenoxy) is 4. The normalized spacial score (nSPS) is 48.8. The van der Waals surface area contributed by atoms with Crippen molar-refractivity contribution in [3.05, 3.63) is 0 Å². The van der Waals surface area contributed by atoms with Crippen LogP contribution in [-0.2, 0) is 28.5 Å². The van der Waals surface area contributed by atoms with Crippen molar-refractivity contribution in [1.29, 1.82) is 0 Å². The van der Waals surface area contributed by atoms with Gasteiger partial charge in [0.25, 0.3) is 0 Å². The van der Waals surface area contributed by atoms with Gasteiger partial charge in [0.15, 0.2) is 0 Å². The van der Waals surface area contributed by atoms with E-state index in [1.165, 1.54) is 21.0 Å². The van der Waals surface area contributed by atoms with Gasteiger partial charge in [0.2, 0.25) is 0 Å². The van der Waals surface area contributed by atoms with Gasteiger partial charge in [0, 0.05) is 54.8 Å². The molecule has 13 heteroatoms. The van der Waals surface area contributed by atoms with Crippen LogP contribution >= 0.6 is 0 Å². The second kappa shape index (κ2) is 15.9. The molecule has 4 bridgehead atoms. The third kappa shape index (κ3) is 7.68. The lowest BCUT2D eigenvalue weighted by molar-refractivity contribution is -0.229. The minimum atomic E-state index is -4.44. The molecule has 6 aliphatic rings. The molecule has 7 nitrogen and oxygen atoms in total. The highest BCUT2D eigenvalue weighted by atomic mass is 19.4. The van der Waals surface area contributed by atoms with E-state index in [4.69, 9.17) is 18.9 Å². The molecule has 0 saturated heterocycles. The van der Waals surface area contributed by atoms with Gasteiger partial charge >= 0.3 is 12.4 Å². The van der Waals surface area contributed by atoms with Crippen molar-refractivity contribution >= 4 is 11.6 Å². The first kappa shape index (κ1) is 46.8. The number of hydrogen-bond acceptors (Lipinski definition) is 7. The topological polar surface area (TPSA) is 91.3 Å². The summed E-state index contributed by atoms with van der Waals surface area (Å²) >= 11 is 0. The summed E-state index contributed by atoms with van der Waals surface area (Å²) in [5.41, 5.74) is -4.79. The van der Waals surface area contributed by atoms with E-state index < -0.39 is 70.9 Å². The third-order valence-electron chi connectivity index (χ3n) is 17.9. The number of Topliss-reactive ketones (excluding diaryl/α,β-unsaturated/α-hetero) is 2. The Hall–Kier alpha value is -1.28. The van der Waals surface area contributed by atoms with Crippen molar-refractivity contribution in [2.45, 2.75) is 169 Å². The molecule has 0 aliphatic heterocycles. The maximum atomic E-state index is 13.7. The van der Waals surface area contributed by atoms with E-state index >= 15 is 0 Å². The Balaban J connectivity index is 0.000000219. The van der Waals surface area contributed by atoms with Gasteiger partial charge in [-0.1, -0.05) is 55.4 Å². The maximum Gasteiger partial charge on any atom is 0.390 e. The molecule has 0 aromatic rings. The Morgan fingerprint density at radius 3 is 1.42 bits per heavy atom. The minimum absolute atomic E-state index is 0.00378. The fraction of sp³-hybridized carbons (Fsp3) is 0.955. The molecule has 6 saturated carbocycles. The largest absolute Gasteiger partial charge is 0.393 e. The second-order valence-electron chi connectivity index (χ2n) is 20.5. The zero-order chi connectivity index (χ0) is 42.9. The Morgan fingerprint density at radius 2 is 1.02 bits per heavy atom. The van der Waals surface area contributed by atoms with Gasteiger partial charge < -0.3 is 24.1 Å². The summed E-state index contributed by atoms with van der Waals surface area (Å²) in [5.74, 6) is -1.06. The van der Waals surface area contributed by atoms with E-state index in [2.05, 4.69) is 20.8 Å². The zero-order valence-corrected chi connectivity index (χ0v) is 36.1. The quantitative estimate of drug-likeness (QED) is 0.202. The van der Waals surface area contributed by atoms with E-state index in [1.54, 1.807) is 14.2 Å². The lowest BCUT2D eigenvalue weighted by Gasteiger charge is -2.62. The van der Waals surface area contributed by atoms with Crippen molar-refractivity contribution in [3.63, 3.8) is 0 Å². The predicted molar refractivity (Wildman–Crippen MR) is 203 cm³/mol. The number of aliphatic hydroxyl groups is 1. The molecule has 57 heavy (non-hydrogen) atoms. The van der Waals surface area contributed by atoms with Gasteiger partial charge in [-0.25, -0.2) is 0 Å². The van der Waals surface area contributed by atoms with Crippen LogP contribution in [0.4, 0.5) is 26.3 Å². The summed E-state index contributed by atoms with van der Waals surface area (Å²) in [4.78, 5) is 27.1. The monoisotopic (exact) mass is 825 g/mol. The molecule has 6 rings (SSSR count). The van der Waals surface area contributed by atoms with E-state index in [9.17, 15) is 41.0 Å². The SMILES string of the molecule is COCOC1C[C@@](C)(CC(F)(F)F)C(=O)[C@H](C)C23CC[C@@H](C)[C@]1(C)C2[C@H](OC)CC3.CO[C@@H]1CCC23CC[C@@H](C)[C@](C)(C12)[C@H](O)C[C@@](C)(CC(F)(F)F)C(=O)[C@@H]3C. The summed E-state index contributed by atoms with van der Waals surface area (Å²) < 4.78 is 104. The van der Waals surface area contributed by atoms with Crippen LogP contribution in [0, 0.1) is 68.0 Å². The van der Waals surface area contributed by atoms with Gasteiger partial charge in [-0.3, -0.25) is 9.59 Å². The number of hydrogen-bond donors (Lipinski definition) is 1. The van der Waals surface area contributed by atoms with E-state index in [0.29, 0.717) is 0 Å². The summed E-state index contributed by atoms with van der Waals surface area (Å²) in [6, 6.07) is 0. The number of carbonyl (C=O) groups is 2. The molecular weight excluding hydrogens is 754 g/mol. The molecule has 330 valence electrons. The molecule has 5 unspecified atom stereocenters. The van der Waals surface area contributed by atoms with Gasteiger partial charge in [-0.15, -0.1) is 0 Å². The van der Waals surface area contributed by atoms with Crippen LogP contribution in [-0.4, -0.2) is 81.6 Å². The Labute approximate surface area is 336 Å². The van der Waals surface area contributed by atoms with Crippen LogP contribution in [0.2, 0.25) is 0 Å². The zero-order valence-electron chi connectivity index (χ0n) is 36.1. The number of ketones is 2. The highest BCUT2D eigenvalue weighted by molar-refractivity contribution is 5.88. The van der Waals surface area contributed by atoms with Crippen LogP contribution < -0.4 is 0 Å². The molecule has 0 heterocycles. The number of carbonyl (C=O) groups excluding carboxylic acids is 2. The molecule has 0 radical (unpaired) electrons. The van der Waals surface area contributed by atoms with Crippen molar-refractivity contribution in [1.82, 2.24) is 0 Å². The number of rotatable bonds is 7. The predicted octanol–water partition coefficient (Wildman–Crippen LogP) is 10.2. The Morgan fingerprint density at radius 1 is 0.632 bits per heavy atom. The molecular formula is C44H70F6O7. The number of methoxy groups -OCH3 is 3. The van der Waals surface area contributed by atoms with Crippen molar-refractivity contribution in [2.75, 3.05) is 28.1 Å². The highest BCUT2D eigenvalue weighted by Crippen LogP contribution is 2.70. The molecule has 0 amide bonds. The van der Waals surface area contributed by atoms with Crippen LogP contribution in [0.25, 0.3) is 0 Å². The van der Waals surface area contributed by atoms with Crippen molar-refractivity contribution in [3.8, 4) is 0 Å². The second-order valence-corrected chi connectivity index (χ2v) is 20.5. The summed E-state index contributed by atoms with van der Waals surface area (Å²) in [7, 11) is 4.88. The maximum absolute atomic E-state index is 13.7. The molecule has 0 aromatic heterocycles. The van der Waals surface area contributed by atoms with Gasteiger partial charge in [0.05, 0.1) is 37.3 Å². The lowest BCUT2D eigenvalue weighted by Crippen LogP contribution is -2.63. The van der Waals surface area contributed by atoms with Crippen LogP contribution in [0.15, 0.2) is 0 Å². The molecule has 0 aromatic carbocycles. The first-order valence-electron chi connectivity index (χ1n) is 21.2. The van der Waals surface area contributed by atoms with E-state index in [1.807, 2.05) is 20.8 Å². The van der Waals surface area contributed by atoms with E-state index in [-0.39, 0.29) is 77.9 Å². The molecule has 6 fully saturated rings. The number of alkyl halides is 6. The third-order valence-corrected chi connectivity index (χ3v) is 17.9. The average Bonchev–Trinajstić information content (AvgIpc) is 3.71. The van der Waals surface area contributed by atoms with Gasteiger partial charge in [0.1, 0.15) is 18.4 Å². The van der Waals surface area contributed by atoms with Crippen LogP contribution in [0.3, 0.4) is 0 Å². The van der Waals surface area contributed by atoms with Crippen molar-refractivity contribution in [2.24, 2.45) is 68.0 Å². The average molecular weight is 825 g/mol. The Bertz CT molecular complexity index is 1470. The summed E-state index contributed by atoms with van der Waals surface area (Å²) in [6.45, 7) is 15.0. The molecule has 6 aliphatic carbocycles. The van der Waals surface area contributed by atoms with Gasteiger partial charge in [-0.2, -0.15) is 26.3 Å². The first-order chi connectivity index (χ1) is 26.2. The fourth-order valence-corrected chi connectivity index (χ4v) is 14.6. The van der Waals surface area contributed by atoms with E-state index in [0.717, 1.165) is 51.4 Å². The van der Waals surface area contributed by atoms with Crippen molar-refractivity contribution < 1.29 is 60.0 Å². The fourth-order valence-electron chi connectivity index (χ4n) is 14.6. The molecule has 1 N–H and O–H groups in total. The molecule has 0 spiro atoms. The van der Waals surface area contributed by atoms with Gasteiger partial charge in [-0.05, 0) is 98.7 Å². The minimum Gasteiger partial charge on any atom is -0.393 e.